The molecular formula is C19H17N5O2. The summed E-state index contributed by atoms with van der Waals surface area (Å²) in [6.45, 7) is 0.711. The largest absolute Gasteiger partial charge is 0.351 e. The van der Waals surface area contributed by atoms with Crippen molar-refractivity contribution in [3.63, 3.8) is 0 Å². The molecule has 4 rings (SSSR count). The lowest BCUT2D eigenvalue weighted by Gasteiger charge is -2.11. The van der Waals surface area contributed by atoms with Gasteiger partial charge in [-0.05, 0) is 23.3 Å². The second kappa shape index (κ2) is 6.36. The number of primary amides is 1. The number of carbonyl (C=O) groups is 2. The third-order valence-corrected chi connectivity index (χ3v) is 4.45. The zero-order valence-electron chi connectivity index (χ0n) is 13.9. The average Bonchev–Trinajstić information content (AvgIpc) is 3.25. The molecule has 4 N–H and O–H groups in total. The van der Waals surface area contributed by atoms with Crippen molar-refractivity contribution in [2.45, 2.75) is 13.1 Å². The van der Waals surface area contributed by atoms with E-state index in [0.717, 1.165) is 22.4 Å². The SMILES string of the molecule is NC(=O)N1Cc2[nH]nc(NC(=O)c3ccc(-c4ccccc4)cc3)c2C1. The van der Waals surface area contributed by atoms with E-state index >= 15 is 0 Å². The molecule has 7 heteroatoms. The molecule has 1 aliphatic rings. The molecule has 0 bridgehead atoms. The molecule has 1 aliphatic heterocycles. The van der Waals surface area contributed by atoms with Gasteiger partial charge in [-0.2, -0.15) is 5.10 Å². The topological polar surface area (TPSA) is 104 Å². The summed E-state index contributed by atoms with van der Waals surface area (Å²) in [5.41, 5.74) is 9.56. The van der Waals surface area contributed by atoms with Gasteiger partial charge in [0.05, 0.1) is 18.8 Å². The fraction of sp³-hybridized carbons (Fsp3) is 0.105. The molecule has 0 atom stereocenters. The number of hydrogen-bond acceptors (Lipinski definition) is 3. The van der Waals surface area contributed by atoms with Gasteiger partial charge in [0.1, 0.15) is 0 Å². The van der Waals surface area contributed by atoms with Crippen LogP contribution in [-0.4, -0.2) is 27.0 Å². The summed E-state index contributed by atoms with van der Waals surface area (Å²) in [5.74, 6) is 0.178. The second-order valence-corrected chi connectivity index (χ2v) is 6.12. The van der Waals surface area contributed by atoms with E-state index in [9.17, 15) is 9.59 Å². The van der Waals surface area contributed by atoms with E-state index in [-0.39, 0.29) is 5.91 Å². The molecule has 26 heavy (non-hydrogen) atoms. The van der Waals surface area contributed by atoms with Gasteiger partial charge in [-0.15, -0.1) is 0 Å². The molecule has 7 nitrogen and oxygen atoms in total. The molecule has 2 aromatic carbocycles. The Morgan fingerprint density at radius 3 is 2.38 bits per heavy atom. The molecule has 0 saturated carbocycles. The van der Waals surface area contributed by atoms with E-state index in [4.69, 9.17) is 5.73 Å². The molecule has 2 heterocycles. The molecule has 3 aromatic rings. The normalized spacial score (nSPS) is 12.7. The third kappa shape index (κ3) is 2.90. The van der Waals surface area contributed by atoms with E-state index in [1.807, 2.05) is 42.5 Å². The number of amides is 3. The van der Waals surface area contributed by atoms with Crippen LogP contribution in [0.25, 0.3) is 11.1 Å². The summed E-state index contributed by atoms with van der Waals surface area (Å²) in [5, 5.41) is 9.77. The van der Waals surface area contributed by atoms with Crippen molar-refractivity contribution < 1.29 is 9.59 Å². The Balaban J connectivity index is 1.49. The van der Waals surface area contributed by atoms with Crippen LogP contribution in [-0.2, 0) is 13.1 Å². The van der Waals surface area contributed by atoms with Crippen molar-refractivity contribution in [2.75, 3.05) is 5.32 Å². The van der Waals surface area contributed by atoms with Gasteiger partial charge in [0.25, 0.3) is 5.91 Å². The molecule has 1 aromatic heterocycles. The first-order valence-electron chi connectivity index (χ1n) is 8.19. The molecular weight excluding hydrogens is 330 g/mol. The van der Waals surface area contributed by atoms with Gasteiger partial charge in [0.15, 0.2) is 5.82 Å². The number of hydrogen-bond donors (Lipinski definition) is 3. The zero-order valence-corrected chi connectivity index (χ0v) is 13.9. The van der Waals surface area contributed by atoms with E-state index in [1.54, 1.807) is 12.1 Å². The number of rotatable bonds is 3. The van der Waals surface area contributed by atoms with Crippen LogP contribution in [0.1, 0.15) is 21.6 Å². The Morgan fingerprint density at radius 1 is 1.00 bits per heavy atom. The fourth-order valence-electron chi connectivity index (χ4n) is 3.02. The minimum Gasteiger partial charge on any atom is -0.351 e. The van der Waals surface area contributed by atoms with Crippen LogP contribution in [0.4, 0.5) is 10.6 Å². The van der Waals surface area contributed by atoms with Crippen LogP contribution in [0.2, 0.25) is 0 Å². The van der Waals surface area contributed by atoms with Gasteiger partial charge in [-0.1, -0.05) is 42.5 Å². The van der Waals surface area contributed by atoms with Crippen molar-refractivity contribution in [1.82, 2.24) is 15.1 Å². The van der Waals surface area contributed by atoms with Crippen LogP contribution in [0.3, 0.4) is 0 Å². The summed E-state index contributed by atoms with van der Waals surface area (Å²) in [6, 6.07) is 16.8. The summed E-state index contributed by atoms with van der Waals surface area (Å²) in [7, 11) is 0. The summed E-state index contributed by atoms with van der Waals surface area (Å²) >= 11 is 0. The highest BCUT2D eigenvalue weighted by Crippen LogP contribution is 2.27. The quantitative estimate of drug-likeness (QED) is 0.678. The van der Waals surface area contributed by atoms with Crippen molar-refractivity contribution in [3.05, 3.63) is 71.4 Å². The summed E-state index contributed by atoms with van der Waals surface area (Å²) < 4.78 is 0. The molecule has 0 unspecified atom stereocenters. The van der Waals surface area contributed by atoms with Gasteiger partial charge in [0.2, 0.25) is 0 Å². The number of benzene rings is 2. The van der Waals surface area contributed by atoms with Crippen LogP contribution < -0.4 is 11.1 Å². The smallest absolute Gasteiger partial charge is 0.315 e. The van der Waals surface area contributed by atoms with Crippen molar-refractivity contribution >= 4 is 17.8 Å². The molecule has 3 amide bonds. The number of aromatic nitrogens is 2. The highest BCUT2D eigenvalue weighted by molar-refractivity contribution is 6.04. The van der Waals surface area contributed by atoms with E-state index in [2.05, 4.69) is 15.5 Å². The lowest BCUT2D eigenvalue weighted by Crippen LogP contribution is -2.31. The van der Waals surface area contributed by atoms with Crippen LogP contribution >= 0.6 is 0 Å². The molecule has 0 saturated heterocycles. The number of nitrogens with zero attached hydrogens (tertiary/aromatic N) is 2. The van der Waals surface area contributed by atoms with Crippen molar-refractivity contribution in [2.24, 2.45) is 5.73 Å². The van der Waals surface area contributed by atoms with Crippen molar-refractivity contribution in [3.8, 4) is 11.1 Å². The highest BCUT2D eigenvalue weighted by Gasteiger charge is 2.27. The number of carbonyl (C=O) groups excluding carboxylic acids is 2. The molecule has 130 valence electrons. The highest BCUT2D eigenvalue weighted by atomic mass is 16.2. The minimum absolute atomic E-state index is 0.253. The van der Waals surface area contributed by atoms with Crippen molar-refractivity contribution in [1.29, 1.82) is 0 Å². The average molecular weight is 347 g/mol. The lowest BCUT2D eigenvalue weighted by molar-refractivity contribution is 0.102. The molecule has 0 spiro atoms. The first-order chi connectivity index (χ1) is 12.6. The Labute approximate surface area is 149 Å². The van der Waals surface area contributed by atoms with Gasteiger partial charge in [0, 0.05) is 11.1 Å². The number of aromatic amines is 1. The number of H-pyrrole nitrogens is 1. The molecule has 0 fully saturated rings. The number of nitrogens with one attached hydrogen (secondary N) is 2. The minimum atomic E-state index is -0.497. The van der Waals surface area contributed by atoms with E-state index < -0.39 is 6.03 Å². The fourth-order valence-corrected chi connectivity index (χ4v) is 3.02. The monoisotopic (exact) mass is 347 g/mol. The Morgan fingerprint density at radius 2 is 1.69 bits per heavy atom. The number of fused-ring (bicyclic) bond motifs is 1. The van der Waals surface area contributed by atoms with Crippen LogP contribution in [0, 0.1) is 0 Å². The third-order valence-electron chi connectivity index (χ3n) is 4.45. The van der Waals surface area contributed by atoms with E-state index in [1.165, 1.54) is 4.90 Å². The van der Waals surface area contributed by atoms with Gasteiger partial charge < -0.3 is 16.0 Å². The standard InChI is InChI=1S/C19H17N5O2/c20-19(26)24-10-15-16(11-24)22-23-17(15)21-18(25)14-8-6-13(7-9-14)12-4-2-1-3-5-12/h1-9H,10-11H2,(H2,20,26)(H2,21,22,23,25). The lowest BCUT2D eigenvalue weighted by atomic mass is 10.0. The number of nitrogens with two attached hydrogens (primary N) is 1. The number of urea groups is 1. The van der Waals surface area contributed by atoms with Gasteiger partial charge >= 0.3 is 6.03 Å². The first-order valence-corrected chi connectivity index (χ1v) is 8.19. The molecule has 0 radical (unpaired) electrons. The predicted molar refractivity (Wildman–Crippen MR) is 97.2 cm³/mol. The maximum Gasteiger partial charge on any atom is 0.315 e. The summed E-state index contributed by atoms with van der Waals surface area (Å²) in [4.78, 5) is 25.3. The Bertz CT molecular complexity index is 963. The Kier molecular flexibility index (Phi) is 3.89. The second-order valence-electron chi connectivity index (χ2n) is 6.12. The van der Waals surface area contributed by atoms with Gasteiger partial charge in [-0.25, -0.2) is 4.79 Å². The first kappa shape index (κ1) is 15.9. The predicted octanol–water partition coefficient (Wildman–Crippen LogP) is 2.72. The van der Waals surface area contributed by atoms with Gasteiger partial charge in [-0.3, -0.25) is 9.89 Å². The number of anilines is 1. The Hall–Kier alpha value is -3.61. The summed E-state index contributed by atoms with van der Waals surface area (Å²) in [6.07, 6.45) is 0. The zero-order chi connectivity index (χ0) is 18.1. The molecule has 0 aliphatic carbocycles. The van der Waals surface area contributed by atoms with E-state index in [0.29, 0.717) is 24.5 Å². The van der Waals surface area contributed by atoms with Crippen LogP contribution in [0.5, 0.6) is 0 Å². The maximum atomic E-state index is 12.5. The maximum absolute atomic E-state index is 12.5. The van der Waals surface area contributed by atoms with Crippen LogP contribution in [0.15, 0.2) is 54.6 Å².